The average molecular weight is 307 g/mol. The largest absolute Gasteiger partial charge is 0.343 e. The highest BCUT2D eigenvalue weighted by Crippen LogP contribution is 2.10. The van der Waals surface area contributed by atoms with Crippen LogP contribution in [0.3, 0.4) is 0 Å². The molecule has 2 rings (SSSR count). The first-order valence-electron chi connectivity index (χ1n) is 7.27. The normalized spacial score (nSPS) is 16.0. The van der Waals surface area contributed by atoms with Gasteiger partial charge >= 0.3 is 0 Å². The summed E-state index contributed by atoms with van der Waals surface area (Å²) in [4.78, 5) is 13.2. The molecule has 0 spiro atoms. The molecule has 1 heterocycles. The Morgan fingerprint density at radius 3 is 2.62 bits per heavy atom. The van der Waals surface area contributed by atoms with Crippen LogP contribution in [0, 0.1) is 0 Å². The van der Waals surface area contributed by atoms with Gasteiger partial charge in [0.15, 0.2) is 9.84 Å². The van der Waals surface area contributed by atoms with Crippen LogP contribution in [0.1, 0.15) is 24.8 Å². The first-order valence-corrected chi connectivity index (χ1v) is 9.09. The molecule has 1 aliphatic rings. The maximum Gasteiger partial charge on any atom is 0.222 e. The summed E-state index contributed by atoms with van der Waals surface area (Å²) in [6.45, 7) is 1.33. The smallest absolute Gasteiger partial charge is 0.222 e. The first-order chi connectivity index (χ1) is 10.1. The van der Waals surface area contributed by atoms with Crippen LogP contribution in [0.25, 0.3) is 6.08 Å². The fraction of sp³-hybridized carbons (Fsp3) is 0.438. The molecule has 0 saturated carbocycles. The van der Waals surface area contributed by atoms with Crippen LogP contribution in [0.5, 0.6) is 0 Å². The van der Waals surface area contributed by atoms with Gasteiger partial charge in [0.2, 0.25) is 5.91 Å². The highest BCUT2D eigenvalue weighted by Gasteiger charge is 2.20. The lowest BCUT2D eigenvalue weighted by Gasteiger charge is -2.14. The van der Waals surface area contributed by atoms with E-state index in [2.05, 4.69) is 0 Å². The van der Waals surface area contributed by atoms with E-state index in [-0.39, 0.29) is 17.4 Å². The van der Waals surface area contributed by atoms with Crippen LogP contribution in [0.2, 0.25) is 0 Å². The molecule has 0 radical (unpaired) electrons. The topological polar surface area (TPSA) is 54.5 Å². The fourth-order valence-corrected chi connectivity index (χ4v) is 3.52. The zero-order valence-electron chi connectivity index (χ0n) is 12.1. The summed E-state index contributed by atoms with van der Waals surface area (Å²) in [6.07, 6.45) is 5.53. The quantitative estimate of drug-likeness (QED) is 0.775. The molecule has 1 aromatic carbocycles. The highest BCUT2D eigenvalue weighted by atomic mass is 32.2. The van der Waals surface area contributed by atoms with E-state index >= 15 is 0 Å². The van der Waals surface area contributed by atoms with Crippen molar-refractivity contribution in [2.75, 3.05) is 24.6 Å². The van der Waals surface area contributed by atoms with Crippen LogP contribution in [-0.2, 0) is 14.6 Å². The zero-order chi connectivity index (χ0) is 15.1. The van der Waals surface area contributed by atoms with Gasteiger partial charge in [0.1, 0.15) is 0 Å². The Bertz CT molecular complexity index is 593. The lowest BCUT2D eigenvalue weighted by atomic mass is 10.2. The van der Waals surface area contributed by atoms with Crippen LogP contribution in [-0.4, -0.2) is 43.8 Å². The Kier molecular flexibility index (Phi) is 5.56. The van der Waals surface area contributed by atoms with Crippen molar-refractivity contribution >= 4 is 21.8 Å². The van der Waals surface area contributed by atoms with Crippen molar-refractivity contribution < 1.29 is 13.2 Å². The maximum absolute atomic E-state index is 11.9. The van der Waals surface area contributed by atoms with E-state index < -0.39 is 9.84 Å². The Morgan fingerprint density at radius 2 is 1.95 bits per heavy atom. The molecule has 1 aromatic rings. The standard InChI is InChI=1S/C16H21NO3S/c18-16-10-4-11-17(16)12-6-14-21(19,20)13-5-9-15-7-2-1-3-8-15/h1-3,5,7-9H,4,6,10-14H2/b9-5-. The number of sulfone groups is 1. The van der Waals surface area contributed by atoms with E-state index in [1.54, 1.807) is 11.0 Å². The van der Waals surface area contributed by atoms with Gasteiger partial charge in [-0.3, -0.25) is 4.79 Å². The Balaban J connectivity index is 1.74. The third-order valence-corrected chi connectivity index (χ3v) is 5.13. The number of hydrogen-bond acceptors (Lipinski definition) is 3. The second-order valence-electron chi connectivity index (χ2n) is 5.27. The van der Waals surface area contributed by atoms with Gasteiger partial charge in [0.25, 0.3) is 0 Å². The minimum atomic E-state index is -3.09. The molecule has 0 aromatic heterocycles. The van der Waals surface area contributed by atoms with Crippen LogP contribution in [0.4, 0.5) is 0 Å². The van der Waals surface area contributed by atoms with E-state index in [1.807, 2.05) is 36.4 Å². The molecule has 5 heteroatoms. The van der Waals surface area contributed by atoms with Crippen molar-refractivity contribution in [2.24, 2.45) is 0 Å². The number of amides is 1. The van der Waals surface area contributed by atoms with Crippen molar-refractivity contribution in [3.05, 3.63) is 42.0 Å². The number of benzene rings is 1. The predicted octanol–water partition coefficient (Wildman–Crippen LogP) is 2.13. The number of hydrogen-bond donors (Lipinski definition) is 0. The molecule has 21 heavy (non-hydrogen) atoms. The predicted molar refractivity (Wildman–Crippen MR) is 84.6 cm³/mol. The van der Waals surface area contributed by atoms with Crippen molar-refractivity contribution in [2.45, 2.75) is 19.3 Å². The van der Waals surface area contributed by atoms with Gasteiger partial charge in [0, 0.05) is 19.5 Å². The van der Waals surface area contributed by atoms with Gasteiger partial charge in [-0.25, -0.2) is 8.42 Å². The van der Waals surface area contributed by atoms with Crippen LogP contribution < -0.4 is 0 Å². The van der Waals surface area contributed by atoms with Crippen LogP contribution in [0.15, 0.2) is 36.4 Å². The number of nitrogens with zero attached hydrogens (tertiary/aromatic N) is 1. The molecular formula is C16H21NO3S. The minimum Gasteiger partial charge on any atom is -0.343 e. The third kappa shape index (κ3) is 5.34. The SMILES string of the molecule is O=C1CCCN1CCCS(=O)(=O)C/C=C\c1ccccc1. The van der Waals surface area contributed by atoms with Crippen molar-refractivity contribution in [3.8, 4) is 0 Å². The zero-order valence-corrected chi connectivity index (χ0v) is 12.9. The minimum absolute atomic E-state index is 0.0514. The summed E-state index contributed by atoms with van der Waals surface area (Å²) in [5.74, 6) is 0.336. The van der Waals surface area contributed by atoms with E-state index in [9.17, 15) is 13.2 Å². The second-order valence-corrected chi connectivity index (χ2v) is 7.49. The molecule has 114 valence electrons. The monoisotopic (exact) mass is 307 g/mol. The first kappa shape index (κ1) is 15.8. The summed E-state index contributed by atoms with van der Waals surface area (Å²) in [5.41, 5.74) is 0.996. The third-order valence-electron chi connectivity index (χ3n) is 3.51. The molecular weight excluding hydrogens is 286 g/mol. The number of likely N-dealkylation sites (tertiary alicyclic amines) is 1. The summed E-state index contributed by atoms with van der Waals surface area (Å²) in [7, 11) is -3.09. The summed E-state index contributed by atoms with van der Waals surface area (Å²) in [6, 6.07) is 9.63. The Hall–Kier alpha value is -1.62. The Labute approximate surface area is 126 Å². The van der Waals surface area contributed by atoms with Crippen LogP contribution >= 0.6 is 0 Å². The highest BCUT2D eigenvalue weighted by molar-refractivity contribution is 7.91. The van der Waals surface area contributed by atoms with E-state index in [1.165, 1.54) is 0 Å². The van der Waals surface area contributed by atoms with Gasteiger partial charge < -0.3 is 4.90 Å². The van der Waals surface area contributed by atoms with E-state index in [0.29, 0.717) is 19.4 Å². The maximum atomic E-state index is 11.9. The van der Waals surface area contributed by atoms with Gasteiger partial charge in [-0.1, -0.05) is 42.5 Å². The average Bonchev–Trinajstić information content (AvgIpc) is 2.85. The van der Waals surface area contributed by atoms with Crippen molar-refractivity contribution in [1.29, 1.82) is 0 Å². The van der Waals surface area contributed by atoms with Gasteiger partial charge in [-0.05, 0) is 18.4 Å². The fourth-order valence-electron chi connectivity index (χ4n) is 2.39. The van der Waals surface area contributed by atoms with Gasteiger partial charge in [0.05, 0.1) is 11.5 Å². The van der Waals surface area contributed by atoms with Gasteiger partial charge in [-0.15, -0.1) is 0 Å². The van der Waals surface area contributed by atoms with Crippen molar-refractivity contribution in [3.63, 3.8) is 0 Å². The molecule has 0 unspecified atom stereocenters. The second kappa shape index (κ2) is 7.41. The number of rotatable bonds is 7. The molecule has 0 bridgehead atoms. The molecule has 0 atom stereocenters. The molecule has 1 amide bonds. The lowest BCUT2D eigenvalue weighted by Crippen LogP contribution is -2.27. The lowest BCUT2D eigenvalue weighted by molar-refractivity contribution is -0.127. The summed E-state index contributed by atoms with van der Waals surface area (Å²) < 4.78 is 23.8. The molecule has 1 aliphatic heterocycles. The van der Waals surface area contributed by atoms with E-state index in [4.69, 9.17) is 0 Å². The van der Waals surface area contributed by atoms with Crippen molar-refractivity contribution in [1.82, 2.24) is 4.90 Å². The Morgan fingerprint density at radius 1 is 1.19 bits per heavy atom. The molecule has 1 fully saturated rings. The molecule has 0 aliphatic carbocycles. The van der Waals surface area contributed by atoms with E-state index in [0.717, 1.165) is 18.5 Å². The molecule has 4 nitrogen and oxygen atoms in total. The molecule has 0 N–H and O–H groups in total. The number of carbonyl (C=O) groups is 1. The summed E-state index contributed by atoms with van der Waals surface area (Å²) in [5, 5.41) is 0. The molecule has 1 saturated heterocycles. The van der Waals surface area contributed by atoms with Gasteiger partial charge in [-0.2, -0.15) is 0 Å². The number of carbonyl (C=O) groups excluding carboxylic acids is 1. The summed E-state index contributed by atoms with van der Waals surface area (Å²) >= 11 is 0.